The summed E-state index contributed by atoms with van der Waals surface area (Å²) in [7, 11) is 0. The summed E-state index contributed by atoms with van der Waals surface area (Å²) in [5, 5.41) is 12.0. The molecule has 0 fully saturated rings. The Hall–Kier alpha value is -3.68. The Kier molecular flexibility index (Phi) is 6.29. The third-order valence-corrected chi connectivity index (χ3v) is 6.43. The molecule has 0 aliphatic rings. The molecular formula is C26H22ClN5OS. The topological polar surface area (TPSA) is 78.5 Å². The van der Waals surface area contributed by atoms with Crippen LogP contribution in [0.1, 0.15) is 17.0 Å². The maximum absolute atomic E-state index is 13.0. The lowest BCUT2D eigenvalue weighted by atomic mass is 9.91. The minimum absolute atomic E-state index is 0.00522. The average molecular weight is 488 g/mol. The molecule has 3 N–H and O–H groups in total. The van der Waals surface area contributed by atoms with Gasteiger partial charge in [-0.3, -0.25) is 14.5 Å². The van der Waals surface area contributed by atoms with Crippen molar-refractivity contribution in [2.24, 2.45) is 0 Å². The summed E-state index contributed by atoms with van der Waals surface area (Å²) in [5.74, 6) is 0.441. The van der Waals surface area contributed by atoms with Gasteiger partial charge in [0.2, 0.25) is 5.91 Å². The van der Waals surface area contributed by atoms with Gasteiger partial charge >= 0.3 is 0 Å². The lowest BCUT2D eigenvalue weighted by Crippen LogP contribution is -2.32. The molecule has 6 nitrogen and oxygen atoms in total. The molecule has 1 atom stereocenters. The summed E-state index contributed by atoms with van der Waals surface area (Å²) in [6.45, 7) is 0.509. The molecule has 34 heavy (non-hydrogen) atoms. The minimum atomic E-state index is -0.145. The maximum Gasteiger partial charge on any atom is 0.240 e. The molecule has 0 saturated heterocycles. The fourth-order valence-electron chi connectivity index (χ4n) is 4.17. The number of aromatic nitrogens is 4. The Bertz CT molecular complexity index is 1490. The average Bonchev–Trinajstić information content (AvgIpc) is 3.44. The zero-order chi connectivity index (χ0) is 23.5. The van der Waals surface area contributed by atoms with E-state index in [4.69, 9.17) is 23.8 Å². The third kappa shape index (κ3) is 4.53. The second-order valence-electron chi connectivity index (χ2n) is 8.00. The van der Waals surface area contributed by atoms with Gasteiger partial charge in [0, 0.05) is 40.1 Å². The van der Waals surface area contributed by atoms with Gasteiger partial charge in [-0.25, -0.2) is 0 Å². The van der Waals surface area contributed by atoms with Gasteiger partial charge < -0.3 is 10.3 Å². The molecule has 5 rings (SSSR count). The predicted molar refractivity (Wildman–Crippen MR) is 137 cm³/mol. The molecule has 0 aliphatic heterocycles. The van der Waals surface area contributed by atoms with Gasteiger partial charge in [-0.15, -0.1) is 0 Å². The zero-order valence-corrected chi connectivity index (χ0v) is 19.7. The van der Waals surface area contributed by atoms with Crippen LogP contribution in [0.4, 0.5) is 0 Å². The summed E-state index contributed by atoms with van der Waals surface area (Å²) in [4.78, 5) is 16.4. The Morgan fingerprint density at radius 3 is 2.56 bits per heavy atom. The number of nitrogens with zero attached hydrogens (tertiary/aromatic N) is 2. The van der Waals surface area contributed by atoms with Crippen LogP contribution in [0.25, 0.3) is 22.3 Å². The number of hydrogen-bond donors (Lipinski definition) is 3. The highest BCUT2D eigenvalue weighted by Gasteiger charge is 2.20. The normalized spacial score (nSPS) is 12.0. The van der Waals surface area contributed by atoms with E-state index in [2.05, 4.69) is 44.8 Å². The fourth-order valence-corrected chi connectivity index (χ4v) is 4.50. The van der Waals surface area contributed by atoms with Crippen LogP contribution in [0.15, 0.2) is 85.1 Å². The Balaban J connectivity index is 1.38. The smallest absolute Gasteiger partial charge is 0.240 e. The van der Waals surface area contributed by atoms with Gasteiger partial charge in [0.15, 0.2) is 10.6 Å². The number of nitrogens with one attached hydrogen (secondary N) is 3. The number of H-pyrrole nitrogens is 2. The zero-order valence-electron chi connectivity index (χ0n) is 18.2. The van der Waals surface area contributed by atoms with Crippen molar-refractivity contribution >= 4 is 40.6 Å². The number of rotatable bonds is 7. The van der Waals surface area contributed by atoms with Crippen LogP contribution in [0.3, 0.4) is 0 Å². The Morgan fingerprint density at radius 1 is 1.03 bits per heavy atom. The molecule has 2 heterocycles. The molecule has 1 unspecified atom stereocenters. The highest BCUT2D eigenvalue weighted by Crippen LogP contribution is 2.30. The molecule has 3 aromatic carbocycles. The lowest BCUT2D eigenvalue weighted by molar-refractivity contribution is -0.121. The first kappa shape index (κ1) is 22.1. The SMILES string of the molecule is O=C(Cn1c(-c2ccc(Cl)cc2)n[nH]c1=S)NCC(c1ccccc1)c1c[nH]c2ccccc12. The molecule has 0 bridgehead atoms. The quantitative estimate of drug-likeness (QED) is 0.258. The fraction of sp³-hybridized carbons (Fsp3) is 0.115. The van der Waals surface area contributed by atoms with Crippen molar-refractivity contribution in [1.29, 1.82) is 0 Å². The van der Waals surface area contributed by atoms with E-state index >= 15 is 0 Å². The largest absolute Gasteiger partial charge is 0.361 e. The van der Waals surface area contributed by atoms with E-state index in [9.17, 15) is 4.79 Å². The first-order valence-corrected chi connectivity index (χ1v) is 11.7. The highest BCUT2D eigenvalue weighted by molar-refractivity contribution is 7.71. The number of amides is 1. The number of benzene rings is 3. The van der Waals surface area contributed by atoms with Crippen LogP contribution in [0, 0.1) is 4.77 Å². The van der Waals surface area contributed by atoms with Crippen LogP contribution in [0.2, 0.25) is 5.02 Å². The van der Waals surface area contributed by atoms with E-state index in [1.807, 2.05) is 48.7 Å². The molecule has 0 spiro atoms. The van der Waals surface area contributed by atoms with Gasteiger partial charge in [0.25, 0.3) is 0 Å². The van der Waals surface area contributed by atoms with Gasteiger partial charge in [0.1, 0.15) is 6.54 Å². The Labute approximate surface area is 206 Å². The van der Waals surface area contributed by atoms with Crippen molar-refractivity contribution in [1.82, 2.24) is 25.1 Å². The van der Waals surface area contributed by atoms with Gasteiger partial charge in [-0.1, -0.05) is 60.1 Å². The first-order valence-electron chi connectivity index (χ1n) is 10.9. The van der Waals surface area contributed by atoms with Gasteiger partial charge in [0.05, 0.1) is 0 Å². The summed E-state index contributed by atoms with van der Waals surface area (Å²) in [5.41, 5.74) is 4.17. The van der Waals surface area contributed by atoms with E-state index in [0.29, 0.717) is 22.2 Å². The van der Waals surface area contributed by atoms with Crippen molar-refractivity contribution in [2.45, 2.75) is 12.5 Å². The van der Waals surface area contributed by atoms with Crippen LogP contribution in [-0.4, -0.2) is 32.2 Å². The van der Waals surface area contributed by atoms with Crippen molar-refractivity contribution < 1.29 is 4.79 Å². The summed E-state index contributed by atoms with van der Waals surface area (Å²) in [6, 6.07) is 25.7. The van der Waals surface area contributed by atoms with E-state index in [-0.39, 0.29) is 18.4 Å². The van der Waals surface area contributed by atoms with Crippen LogP contribution in [-0.2, 0) is 11.3 Å². The third-order valence-electron chi connectivity index (χ3n) is 5.86. The second-order valence-corrected chi connectivity index (χ2v) is 8.83. The molecule has 170 valence electrons. The number of hydrogen-bond acceptors (Lipinski definition) is 3. The van der Waals surface area contributed by atoms with Crippen LogP contribution >= 0.6 is 23.8 Å². The highest BCUT2D eigenvalue weighted by atomic mass is 35.5. The molecule has 5 aromatic rings. The molecule has 2 aromatic heterocycles. The summed E-state index contributed by atoms with van der Waals surface area (Å²) in [6.07, 6.45) is 2.03. The van der Waals surface area contributed by atoms with Gasteiger partial charge in [-0.05, 0) is 53.7 Å². The van der Waals surface area contributed by atoms with Crippen molar-refractivity contribution in [3.05, 3.63) is 106 Å². The van der Waals surface area contributed by atoms with E-state index in [1.54, 1.807) is 16.7 Å². The molecular weight excluding hydrogens is 466 g/mol. The number of para-hydroxylation sites is 1. The molecule has 8 heteroatoms. The molecule has 0 radical (unpaired) electrons. The second kappa shape index (κ2) is 9.67. The molecule has 0 aliphatic carbocycles. The minimum Gasteiger partial charge on any atom is -0.361 e. The standard InChI is InChI=1S/C26H22ClN5OS/c27-19-12-10-18(11-13-19)25-30-31-26(34)32(25)16-24(33)29-14-21(17-6-2-1-3-7-17)22-15-28-23-9-5-4-8-20(22)23/h1-13,15,21,28H,14,16H2,(H,29,33)(H,31,34). The van der Waals surface area contributed by atoms with E-state index < -0.39 is 0 Å². The van der Waals surface area contributed by atoms with Crippen LogP contribution < -0.4 is 5.32 Å². The summed E-state index contributed by atoms with van der Waals surface area (Å²) >= 11 is 11.4. The van der Waals surface area contributed by atoms with Crippen molar-refractivity contribution in [3.8, 4) is 11.4 Å². The summed E-state index contributed by atoms with van der Waals surface area (Å²) < 4.78 is 2.08. The number of fused-ring (bicyclic) bond motifs is 1. The Morgan fingerprint density at radius 2 is 1.76 bits per heavy atom. The van der Waals surface area contributed by atoms with Gasteiger partial charge in [-0.2, -0.15) is 5.10 Å². The first-order chi connectivity index (χ1) is 16.6. The molecule has 0 saturated carbocycles. The van der Waals surface area contributed by atoms with Crippen LogP contribution in [0.5, 0.6) is 0 Å². The van der Waals surface area contributed by atoms with Crippen molar-refractivity contribution in [2.75, 3.05) is 6.54 Å². The molecule has 1 amide bonds. The van der Waals surface area contributed by atoms with E-state index in [1.165, 1.54) is 0 Å². The van der Waals surface area contributed by atoms with Crippen molar-refractivity contribution in [3.63, 3.8) is 0 Å². The number of aromatic amines is 2. The number of carbonyl (C=O) groups excluding carboxylic acids is 1. The predicted octanol–water partition coefficient (Wildman–Crippen LogP) is 5.69. The van der Waals surface area contributed by atoms with E-state index in [0.717, 1.165) is 27.6 Å². The lowest BCUT2D eigenvalue weighted by Gasteiger charge is -2.18. The number of carbonyl (C=O) groups is 1. The monoisotopic (exact) mass is 487 g/mol. The number of halogens is 1. The maximum atomic E-state index is 13.0.